The van der Waals surface area contributed by atoms with E-state index in [1.54, 1.807) is 0 Å². The summed E-state index contributed by atoms with van der Waals surface area (Å²) < 4.78 is 5.52. The van der Waals surface area contributed by atoms with Gasteiger partial charge in [0.1, 0.15) is 0 Å². The molecule has 154 valence electrons. The van der Waals surface area contributed by atoms with Gasteiger partial charge >= 0.3 is 0 Å². The zero-order valence-corrected chi connectivity index (χ0v) is 17.8. The molecule has 0 aromatic heterocycles. The Morgan fingerprint density at radius 1 is 1.11 bits per heavy atom. The second kappa shape index (κ2) is 9.33. The molecule has 4 fully saturated rings. The lowest BCUT2D eigenvalue weighted by Gasteiger charge is -2.44. The molecule has 1 aliphatic carbocycles. The minimum absolute atomic E-state index is 0.361. The maximum absolute atomic E-state index is 5.52. The quantitative estimate of drug-likeness (QED) is 0.572. The Balaban J connectivity index is 1.33. The van der Waals surface area contributed by atoms with E-state index in [0.717, 1.165) is 51.9 Å². The maximum atomic E-state index is 5.52. The highest BCUT2D eigenvalue weighted by molar-refractivity contribution is 7.99. The zero-order chi connectivity index (χ0) is 18.5. The van der Waals surface area contributed by atoms with Gasteiger partial charge in [-0.25, -0.2) is 0 Å². The normalized spacial score (nSPS) is 30.8. The number of ether oxygens (including phenoxy) is 1. The molecule has 1 saturated carbocycles. The Labute approximate surface area is 169 Å². The third-order valence-corrected chi connectivity index (χ3v) is 7.97. The summed E-state index contributed by atoms with van der Waals surface area (Å²) in [4.78, 5) is 12.5. The summed E-state index contributed by atoms with van der Waals surface area (Å²) in [6.45, 7) is 9.74. The van der Waals surface area contributed by atoms with Gasteiger partial charge in [0.15, 0.2) is 5.96 Å². The number of hydrogen-bond acceptors (Lipinski definition) is 5. The van der Waals surface area contributed by atoms with Gasteiger partial charge in [0.05, 0.1) is 13.2 Å². The molecule has 7 heteroatoms. The number of nitrogens with zero attached hydrogens (tertiary/aromatic N) is 4. The van der Waals surface area contributed by atoms with Crippen LogP contribution in [0.5, 0.6) is 0 Å². The van der Waals surface area contributed by atoms with Crippen molar-refractivity contribution < 1.29 is 4.74 Å². The fraction of sp³-hybridized carbons (Fsp3) is 0.950. The van der Waals surface area contributed by atoms with Crippen LogP contribution in [0.1, 0.15) is 32.1 Å². The Kier molecular flexibility index (Phi) is 6.84. The second-order valence-electron chi connectivity index (χ2n) is 8.47. The molecule has 4 aliphatic rings. The first-order chi connectivity index (χ1) is 13.3. The van der Waals surface area contributed by atoms with Crippen molar-refractivity contribution in [1.29, 1.82) is 0 Å². The SMILES string of the molecule is CN=C(NCC1(N2CCSCC2)CCCC1)N1CCC(N2CCOCC2)C1. The average Bonchev–Trinajstić information content (AvgIpc) is 3.41. The predicted octanol–water partition coefficient (Wildman–Crippen LogP) is 1.33. The third kappa shape index (κ3) is 4.57. The maximum Gasteiger partial charge on any atom is 0.193 e. The zero-order valence-electron chi connectivity index (χ0n) is 17.0. The minimum Gasteiger partial charge on any atom is -0.379 e. The van der Waals surface area contributed by atoms with E-state index in [4.69, 9.17) is 4.74 Å². The van der Waals surface area contributed by atoms with Crippen LogP contribution in [0.15, 0.2) is 4.99 Å². The van der Waals surface area contributed by atoms with Crippen LogP contribution in [-0.4, -0.2) is 110 Å². The van der Waals surface area contributed by atoms with E-state index in [2.05, 4.69) is 36.8 Å². The molecule has 0 aromatic rings. The Bertz CT molecular complexity index is 499. The number of likely N-dealkylation sites (tertiary alicyclic amines) is 1. The number of aliphatic imine (C=N–C) groups is 1. The average molecular weight is 396 g/mol. The van der Waals surface area contributed by atoms with Crippen LogP contribution in [-0.2, 0) is 4.74 Å². The molecule has 6 nitrogen and oxygen atoms in total. The lowest BCUT2D eigenvalue weighted by atomic mass is 9.94. The summed E-state index contributed by atoms with van der Waals surface area (Å²) in [6, 6.07) is 0.659. The van der Waals surface area contributed by atoms with E-state index in [0.29, 0.717) is 11.6 Å². The van der Waals surface area contributed by atoms with Crippen molar-refractivity contribution in [1.82, 2.24) is 20.0 Å². The van der Waals surface area contributed by atoms with Gasteiger partial charge < -0.3 is 15.0 Å². The Morgan fingerprint density at radius 3 is 2.56 bits per heavy atom. The first-order valence-electron chi connectivity index (χ1n) is 10.9. The summed E-state index contributed by atoms with van der Waals surface area (Å²) >= 11 is 2.11. The van der Waals surface area contributed by atoms with Crippen molar-refractivity contribution in [3.05, 3.63) is 0 Å². The van der Waals surface area contributed by atoms with E-state index in [-0.39, 0.29) is 0 Å². The molecule has 4 rings (SSSR count). The van der Waals surface area contributed by atoms with Gasteiger partial charge in [-0.05, 0) is 19.3 Å². The summed E-state index contributed by atoms with van der Waals surface area (Å²) in [5, 5.41) is 3.80. The molecular formula is C20H37N5OS. The minimum atomic E-state index is 0.361. The van der Waals surface area contributed by atoms with Crippen LogP contribution >= 0.6 is 11.8 Å². The topological polar surface area (TPSA) is 43.3 Å². The second-order valence-corrected chi connectivity index (χ2v) is 9.69. The molecule has 0 radical (unpaired) electrons. The fourth-order valence-electron chi connectivity index (χ4n) is 5.43. The summed E-state index contributed by atoms with van der Waals surface area (Å²) in [6.07, 6.45) is 6.70. The summed E-state index contributed by atoms with van der Waals surface area (Å²) in [5.41, 5.74) is 0.361. The molecule has 1 unspecified atom stereocenters. The lowest BCUT2D eigenvalue weighted by Crippen LogP contribution is -2.58. The van der Waals surface area contributed by atoms with Crippen molar-refractivity contribution in [3.63, 3.8) is 0 Å². The monoisotopic (exact) mass is 395 g/mol. The van der Waals surface area contributed by atoms with Crippen molar-refractivity contribution in [3.8, 4) is 0 Å². The Morgan fingerprint density at radius 2 is 1.85 bits per heavy atom. The smallest absolute Gasteiger partial charge is 0.193 e. The van der Waals surface area contributed by atoms with Gasteiger partial charge in [-0.1, -0.05) is 12.8 Å². The highest BCUT2D eigenvalue weighted by Gasteiger charge is 2.40. The van der Waals surface area contributed by atoms with E-state index < -0.39 is 0 Å². The highest BCUT2D eigenvalue weighted by atomic mass is 32.2. The van der Waals surface area contributed by atoms with Crippen LogP contribution in [0, 0.1) is 0 Å². The molecule has 3 aliphatic heterocycles. The number of thioether (sulfide) groups is 1. The number of nitrogens with one attached hydrogen (secondary N) is 1. The first kappa shape index (κ1) is 19.8. The van der Waals surface area contributed by atoms with Crippen molar-refractivity contribution in [2.45, 2.75) is 43.7 Å². The predicted molar refractivity (Wildman–Crippen MR) is 114 cm³/mol. The van der Waals surface area contributed by atoms with Gasteiger partial charge in [-0.15, -0.1) is 0 Å². The van der Waals surface area contributed by atoms with Crippen LogP contribution < -0.4 is 5.32 Å². The molecule has 0 spiro atoms. The third-order valence-electron chi connectivity index (χ3n) is 7.03. The van der Waals surface area contributed by atoms with Crippen molar-refractivity contribution >= 4 is 17.7 Å². The highest BCUT2D eigenvalue weighted by Crippen LogP contribution is 2.36. The van der Waals surface area contributed by atoms with Crippen LogP contribution in [0.4, 0.5) is 0 Å². The van der Waals surface area contributed by atoms with Crippen LogP contribution in [0.25, 0.3) is 0 Å². The van der Waals surface area contributed by atoms with Crippen LogP contribution in [0.3, 0.4) is 0 Å². The molecule has 1 atom stereocenters. The van der Waals surface area contributed by atoms with Gasteiger partial charge in [0.25, 0.3) is 0 Å². The number of rotatable bonds is 4. The summed E-state index contributed by atoms with van der Waals surface area (Å²) in [5.74, 6) is 3.71. The van der Waals surface area contributed by atoms with Crippen molar-refractivity contribution in [2.75, 3.05) is 77.6 Å². The molecule has 1 N–H and O–H groups in total. The Hall–Kier alpha value is -0.500. The van der Waals surface area contributed by atoms with E-state index in [1.807, 2.05) is 7.05 Å². The van der Waals surface area contributed by atoms with E-state index in [9.17, 15) is 0 Å². The molecule has 3 saturated heterocycles. The number of guanidine groups is 1. The van der Waals surface area contributed by atoms with Gasteiger partial charge in [0, 0.05) is 75.9 Å². The lowest BCUT2D eigenvalue weighted by molar-refractivity contribution is 0.0194. The molecule has 27 heavy (non-hydrogen) atoms. The molecule has 0 amide bonds. The van der Waals surface area contributed by atoms with E-state index in [1.165, 1.54) is 56.7 Å². The van der Waals surface area contributed by atoms with Crippen molar-refractivity contribution in [2.24, 2.45) is 4.99 Å². The van der Waals surface area contributed by atoms with Gasteiger partial charge in [-0.2, -0.15) is 11.8 Å². The standard InChI is InChI=1S/C20H37N5OS/c1-21-19(24-7-4-18(16-24)23-8-12-26-13-9-23)22-17-20(5-2-3-6-20)25-10-14-27-15-11-25/h18H,2-17H2,1H3,(H,21,22). The van der Waals surface area contributed by atoms with Gasteiger partial charge in [-0.3, -0.25) is 14.8 Å². The first-order valence-corrected chi connectivity index (χ1v) is 12.1. The largest absolute Gasteiger partial charge is 0.379 e. The number of hydrogen-bond donors (Lipinski definition) is 1. The molecular weight excluding hydrogens is 358 g/mol. The fourth-order valence-corrected chi connectivity index (χ4v) is 6.33. The molecule has 3 heterocycles. The number of morpholine rings is 1. The van der Waals surface area contributed by atoms with Gasteiger partial charge in [0.2, 0.25) is 0 Å². The summed E-state index contributed by atoms with van der Waals surface area (Å²) in [7, 11) is 1.95. The van der Waals surface area contributed by atoms with Crippen LogP contribution in [0.2, 0.25) is 0 Å². The molecule has 0 bridgehead atoms. The van der Waals surface area contributed by atoms with E-state index >= 15 is 0 Å². The molecule has 0 aromatic carbocycles.